The number of carbonyl (C=O) groups excluding carboxylic acids is 1. The van der Waals surface area contributed by atoms with Crippen molar-refractivity contribution in [2.24, 2.45) is 0 Å². The number of hydrogen-bond acceptors (Lipinski definition) is 5. The van der Waals surface area contributed by atoms with Gasteiger partial charge in [-0.25, -0.2) is 0 Å². The number of carbonyl (C=O) groups is 1. The molecule has 0 bridgehead atoms. The Balaban J connectivity index is 1.62. The lowest BCUT2D eigenvalue weighted by Gasteiger charge is -2.27. The van der Waals surface area contributed by atoms with Crippen molar-refractivity contribution in [2.45, 2.75) is 33.0 Å². The largest absolute Gasteiger partial charge is 0.493 e. The fourth-order valence-electron chi connectivity index (χ4n) is 3.86. The first-order chi connectivity index (χ1) is 13.1. The number of amides is 1. The van der Waals surface area contributed by atoms with E-state index in [1.165, 1.54) is 10.4 Å². The fraction of sp³-hybridized carbons (Fsp3) is 0.450. The Labute approximate surface area is 163 Å². The van der Waals surface area contributed by atoms with Gasteiger partial charge in [-0.2, -0.15) is 0 Å². The van der Waals surface area contributed by atoms with Crippen LogP contribution >= 0.6 is 11.3 Å². The number of nitrogens with one attached hydrogen (secondary N) is 3. The van der Waals surface area contributed by atoms with E-state index in [1.807, 2.05) is 25.1 Å². The summed E-state index contributed by atoms with van der Waals surface area (Å²) >= 11 is 1.73. The molecule has 0 saturated heterocycles. The molecule has 7 heteroatoms. The molecule has 0 spiro atoms. The number of hydrogen-bond donors (Lipinski definition) is 3. The molecule has 0 fully saturated rings. The summed E-state index contributed by atoms with van der Waals surface area (Å²) in [6, 6.07) is 5.78. The van der Waals surface area contributed by atoms with E-state index in [2.05, 4.69) is 17.6 Å². The van der Waals surface area contributed by atoms with Gasteiger partial charge in [0, 0.05) is 6.42 Å². The van der Waals surface area contributed by atoms with Gasteiger partial charge >= 0.3 is 0 Å². The summed E-state index contributed by atoms with van der Waals surface area (Å²) in [6.07, 6.45) is 0.699. The second-order valence-electron chi connectivity index (χ2n) is 6.88. The Bertz CT molecular complexity index is 864. The SMILES string of the molecule is CCOc1ccc([C@H]2NC(=O)c3c(sc4c3CC[NH+](CC)C4)N2)cc1OC. The standard InChI is InChI=1S/C20H25N3O3S/c1-4-23-9-8-13-16(11-23)27-20-17(13)19(24)21-18(22-20)12-6-7-14(26-5-2)15(10-12)25-3/h6-7,10,18,22H,4-5,8-9,11H2,1-3H3,(H,21,24)/p+1/t18-/m0/s1. The minimum atomic E-state index is -0.274. The van der Waals surface area contributed by atoms with E-state index < -0.39 is 0 Å². The molecule has 6 nitrogen and oxygen atoms in total. The molecule has 2 aromatic rings. The number of ether oxygens (including phenoxy) is 2. The summed E-state index contributed by atoms with van der Waals surface area (Å²) in [6.45, 7) is 7.97. The molecule has 0 aliphatic carbocycles. The first kappa shape index (κ1) is 18.1. The van der Waals surface area contributed by atoms with E-state index >= 15 is 0 Å². The normalized spacial score (nSPS) is 20.9. The van der Waals surface area contributed by atoms with Crippen LogP contribution in [0.1, 0.15) is 46.4 Å². The molecule has 3 heterocycles. The highest BCUT2D eigenvalue weighted by Crippen LogP contribution is 2.40. The van der Waals surface area contributed by atoms with E-state index in [-0.39, 0.29) is 12.1 Å². The Morgan fingerprint density at radius 3 is 2.85 bits per heavy atom. The van der Waals surface area contributed by atoms with Crippen molar-refractivity contribution in [1.29, 1.82) is 0 Å². The summed E-state index contributed by atoms with van der Waals surface area (Å²) in [4.78, 5) is 15.8. The van der Waals surface area contributed by atoms with Crippen molar-refractivity contribution >= 4 is 22.2 Å². The number of quaternary nitrogens is 1. The van der Waals surface area contributed by atoms with Crippen LogP contribution in [0, 0.1) is 0 Å². The van der Waals surface area contributed by atoms with Crippen LogP contribution in [0.2, 0.25) is 0 Å². The minimum Gasteiger partial charge on any atom is -0.493 e. The Morgan fingerprint density at radius 1 is 1.26 bits per heavy atom. The van der Waals surface area contributed by atoms with Crippen molar-refractivity contribution in [1.82, 2.24) is 5.32 Å². The fourth-order valence-corrected chi connectivity index (χ4v) is 5.20. The van der Waals surface area contributed by atoms with Crippen LogP contribution in [0.3, 0.4) is 0 Å². The number of anilines is 1. The van der Waals surface area contributed by atoms with Gasteiger partial charge in [0.2, 0.25) is 0 Å². The Hall–Kier alpha value is -2.25. The molecule has 0 saturated carbocycles. The molecule has 4 rings (SSSR count). The molecular weight excluding hydrogens is 362 g/mol. The first-order valence-electron chi connectivity index (χ1n) is 9.50. The third-order valence-electron chi connectivity index (χ3n) is 5.33. The van der Waals surface area contributed by atoms with E-state index in [0.29, 0.717) is 18.1 Å². The maximum atomic E-state index is 12.9. The molecule has 144 valence electrons. The maximum Gasteiger partial charge on any atom is 0.256 e. The van der Waals surface area contributed by atoms with Gasteiger partial charge < -0.3 is 25.0 Å². The highest BCUT2D eigenvalue weighted by molar-refractivity contribution is 7.16. The zero-order valence-corrected chi connectivity index (χ0v) is 16.8. The monoisotopic (exact) mass is 388 g/mol. The van der Waals surface area contributed by atoms with Crippen LogP contribution in [0.5, 0.6) is 11.5 Å². The lowest BCUT2D eigenvalue weighted by Crippen LogP contribution is -3.11. The number of fused-ring (bicyclic) bond motifs is 3. The predicted octanol–water partition coefficient (Wildman–Crippen LogP) is 1.97. The van der Waals surface area contributed by atoms with Gasteiger partial charge in [0.25, 0.3) is 5.91 Å². The predicted molar refractivity (Wildman–Crippen MR) is 106 cm³/mol. The van der Waals surface area contributed by atoms with Gasteiger partial charge in [-0.15, -0.1) is 11.3 Å². The summed E-state index contributed by atoms with van der Waals surface area (Å²) in [5.41, 5.74) is 3.03. The topological polar surface area (TPSA) is 64.0 Å². The molecule has 0 radical (unpaired) electrons. The highest BCUT2D eigenvalue weighted by Gasteiger charge is 2.34. The zero-order valence-electron chi connectivity index (χ0n) is 16.0. The third kappa shape index (κ3) is 3.26. The summed E-state index contributed by atoms with van der Waals surface area (Å²) in [5.74, 6) is 1.39. The number of benzene rings is 1. The number of thiophene rings is 1. The molecule has 1 unspecified atom stereocenters. The molecule has 1 aromatic carbocycles. The second kappa shape index (κ2) is 7.40. The van der Waals surface area contributed by atoms with Gasteiger partial charge in [-0.05, 0) is 37.1 Å². The van der Waals surface area contributed by atoms with Crippen LogP contribution in [0.25, 0.3) is 0 Å². The van der Waals surface area contributed by atoms with Crippen LogP contribution in [-0.2, 0) is 13.0 Å². The van der Waals surface area contributed by atoms with Crippen LogP contribution in [0.4, 0.5) is 5.00 Å². The quantitative estimate of drug-likeness (QED) is 0.733. The molecule has 2 aliphatic rings. The lowest BCUT2D eigenvalue weighted by atomic mass is 10.0. The van der Waals surface area contributed by atoms with Crippen LogP contribution in [-0.4, -0.2) is 32.7 Å². The van der Waals surface area contributed by atoms with Crippen LogP contribution in [0.15, 0.2) is 18.2 Å². The Kier molecular flexibility index (Phi) is 4.97. The average Bonchev–Trinajstić information content (AvgIpc) is 3.06. The number of likely N-dealkylation sites (N-methyl/N-ethyl adjacent to an activating group) is 1. The van der Waals surface area contributed by atoms with Crippen molar-refractivity contribution in [3.05, 3.63) is 39.8 Å². The third-order valence-corrected chi connectivity index (χ3v) is 6.49. The first-order valence-corrected chi connectivity index (χ1v) is 10.3. The number of rotatable bonds is 5. The van der Waals surface area contributed by atoms with Gasteiger partial charge in [-0.3, -0.25) is 4.79 Å². The van der Waals surface area contributed by atoms with Crippen molar-refractivity contribution < 1.29 is 19.2 Å². The van der Waals surface area contributed by atoms with E-state index in [1.54, 1.807) is 23.3 Å². The molecule has 3 N–H and O–H groups in total. The van der Waals surface area contributed by atoms with Crippen molar-refractivity contribution in [3.63, 3.8) is 0 Å². The van der Waals surface area contributed by atoms with Gasteiger partial charge in [0.15, 0.2) is 11.5 Å². The minimum absolute atomic E-state index is 0.0130. The molecule has 2 aliphatic heterocycles. The Morgan fingerprint density at radius 2 is 2.11 bits per heavy atom. The van der Waals surface area contributed by atoms with Gasteiger partial charge in [0.1, 0.15) is 17.7 Å². The smallest absolute Gasteiger partial charge is 0.256 e. The van der Waals surface area contributed by atoms with Crippen molar-refractivity contribution in [3.8, 4) is 11.5 Å². The van der Waals surface area contributed by atoms with E-state index in [9.17, 15) is 4.79 Å². The van der Waals surface area contributed by atoms with Crippen LogP contribution < -0.4 is 25.0 Å². The number of methoxy groups -OCH3 is 1. The lowest BCUT2D eigenvalue weighted by molar-refractivity contribution is -0.913. The maximum absolute atomic E-state index is 12.9. The average molecular weight is 389 g/mol. The van der Waals surface area contributed by atoms with E-state index in [4.69, 9.17) is 9.47 Å². The molecular formula is C20H26N3O3S+. The zero-order chi connectivity index (χ0) is 19.0. The van der Waals surface area contributed by atoms with E-state index in [0.717, 1.165) is 42.2 Å². The van der Waals surface area contributed by atoms with Gasteiger partial charge in [-0.1, -0.05) is 6.07 Å². The summed E-state index contributed by atoms with van der Waals surface area (Å²) < 4.78 is 11.0. The molecule has 1 aromatic heterocycles. The summed E-state index contributed by atoms with van der Waals surface area (Å²) in [7, 11) is 1.63. The summed E-state index contributed by atoms with van der Waals surface area (Å²) in [5, 5.41) is 7.61. The molecule has 1 amide bonds. The second-order valence-corrected chi connectivity index (χ2v) is 7.99. The van der Waals surface area contributed by atoms with Crippen molar-refractivity contribution in [2.75, 3.05) is 32.1 Å². The van der Waals surface area contributed by atoms with Gasteiger partial charge in [0.05, 0.1) is 37.2 Å². The molecule has 27 heavy (non-hydrogen) atoms. The highest BCUT2D eigenvalue weighted by atomic mass is 32.1. The molecule has 2 atom stereocenters.